The Morgan fingerprint density at radius 3 is 1.17 bits per heavy atom. The fraction of sp³-hybridized carbons (Fsp3) is 0.529. The molecule has 48 heavy (non-hydrogen) atoms. The van der Waals surface area contributed by atoms with Crippen molar-refractivity contribution in [1.29, 1.82) is 0 Å². The molecule has 14 heteroatoms. The van der Waals surface area contributed by atoms with E-state index in [9.17, 15) is 19.2 Å². The predicted molar refractivity (Wildman–Crippen MR) is 190 cm³/mol. The van der Waals surface area contributed by atoms with Crippen LogP contribution in [0.25, 0.3) is 0 Å². The largest absolute Gasteiger partial charge is 0.462 e. The molecular weight excluding hydrogens is 749 g/mol. The van der Waals surface area contributed by atoms with Crippen molar-refractivity contribution in [3.63, 3.8) is 0 Å². The highest BCUT2D eigenvalue weighted by Crippen LogP contribution is 2.42. The SMILES string of the molecule is CCC(C)CCC(C)COC(=O)c1c(Cl)c(Cl)cc(Cl)c1OC(=O)C(=O)Oc1c(Cl)cc(Cl)c(Cl)c1C(=O)OCC(C)CCC(C)CC. The lowest BCUT2D eigenvalue weighted by molar-refractivity contribution is -0.156. The van der Waals surface area contributed by atoms with E-state index >= 15 is 0 Å². The first-order valence-electron chi connectivity index (χ1n) is 15.6. The van der Waals surface area contributed by atoms with Gasteiger partial charge in [-0.1, -0.05) is 137 Å². The van der Waals surface area contributed by atoms with E-state index in [2.05, 4.69) is 27.7 Å². The van der Waals surface area contributed by atoms with Gasteiger partial charge >= 0.3 is 23.9 Å². The fourth-order valence-electron chi connectivity index (χ4n) is 4.28. The first kappa shape index (κ1) is 42.2. The molecule has 0 N–H and O–H groups in total. The minimum Gasteiger partial charge on any atom is -0.462 e. The molecule has 0 amide bonds. The van der Waals surface area contributed by atoms with Gasteiger partial charge in [0.2, 0.25) is 0 Å². The second-order valence-electron chi connectivity index (χ2n) is 12.1. The van der Waals surface area contributed by atoms with Crippen LogP contribution in [0.2, 0.25) is 30.1 Å². The van der Waals surface area contributed by atoms with Gasteiger partial charge in [-0.3, -0.25) is 0 Å². The Hall–Kier alpha value is -1.94. The molecule has 0 bridgehead atoms. The Morgan fingerprint density at radius 1 is 0.542 bits per heavy atom. The quantitative estimate of drug-likeness (QED) is 0.0716. The molecule has 2 aromatic rings. The van der Waals surface area contributed by atoms with E-state index in [-0.39, 0.29) is 55.2 Å². The van der Waals surface area contributed by atoms with Crippen LogP contribution in [0.4, 0.5) is 0 Å². The van der Waals surface area contributed by atoms with E-state index in [0.717, 1.165) is 50.7 Å². The summed E-state index contributed by atoms with van der Waals surface area (Å²) < 4.78 is 21.2. The van der Waals surface area contributed by atoms with Gasteiger partial charge < -0.3 is 18.9 Å². The lowest BCUT2D eigenvalue weighted by atomic mass is 9.97. The van der Waals surface area contributed by atoms with Crippen LogP contribution >= 0.6 is 69.6 Å². The lowest BCUT2D eigenvalue weighted by Crippen LogP contribution is -2.27. The van der Waals surface area contributed by atoms with Crippen LogP contribution < -0.4 is 9.47 Å². The molecule has 0 heterocycles. The maximum atomic E-state index is 13.1. The van der Waals surface area contributed by atoms with Crippen LogP contribution in [-0.2, 0) is 19.1 Å². The highest BCUT2D eigenvalue weighted by atomic mass is 35.5. The summed E-state index contributed by atoms with van der Waals surface area (Å²) in [6, 6.07) is 2.25. The van der Waals surface area contributed by atoms with Crippen molar-refractivity contribution in [2.45, 2.75) is 80.1 Å². The summed E-state index contributed by atoms with van der Waals surface area (Å²) in [6.45, 7) is 12.4. The van der Waals surface area contributed by atoms with Crippen molar-refractivity contribution < 1.29 is 38.1 Å². The molecule has 2 rings (SSSR count). The number of hydrogen-bond donors (Lipinski definition) is 0. The molecule has 0 spiro atoms. The molecule has 0 fully saturated rings. The second kappa shape index (κ2) is 20.0. The van der Waals surface area contributed by atoms with E-state index in [4.69, 9.17) is 88.6 Å². The summed E-state index contributed by atoms with van der Waals surface area (Å²) in [6.07, 6.45) is 5.57. The first-order valence-corrected chi connectivity index (χ1v) is 17.9. The highest BCUT2D eigenvalue weighted by molar-refractivity contribution is 6.47. The smallest absolute Gasteiger partial charge is 0.423 e. The molecule has 4 atom stereocenters. The van der Waals surface area contributed by atoms with Gasteiger partial charge in [-0.05, 0) is 48.6 Å². The summed E-state index contributed by atoms with van der Waals surface area (Å²) in [7, 11) is 0. The highest BCUT2D eigenvalue weighted by Gasteiger charge is 2.32. The Kier molecular flexibility index (Phi) is 17.6. The van der Waals surface area contributed by atoms with E-state index < -0.39 is 46.5 Å². The zero-order chi connectivity index (χ0) is 36.3. The maximum Gasteiger partial charge on any atom is 0.423 e. The van der Waals surface area contributed by atoms with Crippen LogP contribution in [0.15, 0.2) is 12.1 Å². The van der Waals surface area contributed by atoms with Crippen molar-refractivity contribution in [1.82, 2.24) is 0 Å². The predicted octanol–water partition coefficient (Wildman–Crippen LogP) is 11.4. The summed E-state index contributed by atoms with van der Waals surface area (Å²) >= 11 is 37.4. The number of ether oxygens (including phenoxy) is 4. The van der Waals surface area contributed by atoms with Gasteiger partial charge in [0.05, 0.1) is 43.3 Å². The van der Waals surface area contributed by atoms with E-state index in [1.165, 1.54) is 0 Å². The van der Waals surface area contributed by atoms with Gasteiger partial charge in [0.15, 0.2) is 11.5 Å². The second-order valence-corrected chi connectivity index (χ2v) is 14.5. The molecule has 2 aromatic carbocycles. The van der Waals surface area contributed by atoms with Gasteiger partial charge in [0.1, 0.15) is 11.1 Å². The zero-order valence-corrected chi connectivity index (χ0v) is 32.2. The molecule has 0 aliphatic heterocycles. The van der Waals surface area contributed by atoms with Crippen molar-refractivity contribution in [3.8, 4) is 11.5 Å². The van der Waals surface area contributed by atoms with Crippen molar-refractivity contribution in [2.75, 3.05) is 13.2 Å². The summed E-state index contributed by atoms with van der Waals surface area (Å²) in [4.78, 5) is 52.3. The van der Waals surface area contributed by atoms with E-state index in [1.54, 1.807) is 0 Å². The Bertz CT molecular complexity index is 1370. The number of carbonyl (C=O) groups excluding carboxylic acids is 4. The standard InChI is InChI=1S/C34H40Cl6O8/c1-7-17(3)9-11-19(5)15-45-31(41)25-27(39)21(35)13-23(37)29(25)47-33(43)34(44)48-30-24(38)14-22(36)28(40)26(30)32(42)46-16-20(6)12-10-18(4)8-2/h13-14,17-20H,7-12,15-16H2,1-6H3. The van der Waals surface area contributed by atoms with Crippen LogP contribution in [0, 0.1) is 23.7 Å². The first-order chi connectivity index (χ1) is 22.5. The molecule has 8 nitrogen and oxygen atoms in total. The van der Waals surface area contributed by atoms with E-state index in [1.807, 2.05) is 13.8 Å². The Balaban J connectivity index is 2.28. The monoisotopic (exact) mass is 786 g/mol. The minimum absolute atomic E-state index is 0.0159. The molecule has 0 aliphatic rings. The van der Waals surface area contributed by atoms with Gasteiger partial charge in [0.25, 0.3) is 0 Å². The lowest BCUT2D eigenvalue weighted by Gasteiger charge is -2.18. The number of rotatable bonds is 16. The van der Waals surface area contributed by atoms with Crippen molar-refractivity contribution in [2.24, 2.45) is 23.7 Å². The van der Waals surface area contributed by atoms with Crippen LogP contribution in [-0.4, -0.2) is 37.1 Å². The summed E-state index contributed by atoms with van der Waals surface area (Å²) in [5.74, 6) is -5.36. The average Bonchev–Trinajstić information content (AvgIpc) is 3.04. The van der Waals surface area contributed by atoms with E-state index in [0.29, 0.717) is 11.8 Å². The normalized spacial score (nSPS) is 13.7. The third kappa shape index (κ3) is 12.1. The van der Waals surface area contributed by atoms with Crippen molar-refractivity contribution in [3.05, 3.63) is 53.4 Å². The molecule has 4 unspecified atom stereocenters. The van der Waals surface area contributed by atoms with Gasteiger partial charge in [-0.25, -0.2) is 19.2 Å². The van der Waals surface area contributed by atoms with Crippen molar-refractivity contribution >= 4 is 93.5 Å². The zero-order valence-electron chi connectivity index (χ0n) is 27.7. The molecule has 0 saturated heterocycles. The number of hydrogen-bond acceptors (Lipinski definition) is 8. The third-order valence-corrected chi connectivity index (χ3v) is 10.1. The minimum atomic E-state index is -1.65. The van der Waals surface area contributed by atoms with Crippen LogP contribution in [0.1, 0.15) is 101 Å². The average molecular weight is 789 g/mol. The van der Waals surface area contributed by atoms with Gasteiger partial charge in [-0.15, -0.1) is 0 Å². The third-order valence-electron chi connectivity index (χ3n) is 7.91. The van der Waals surface area contributed by atoms with Crippen LogP contribution in [0.3, 0.4) is 0 Å². The molecule has 0 aromatic heterocycles. The number of halogens is 6. The molecular formula is C34H40Cl6O8. The molecule has 0 aliphatic carbocycles. The molecule has 0 saturated carbocycles. The Labute approximate surface area is 311 Å². The van der Waals surface area contributed by atoms with Gasteiger partial charge in [0, 0.05) is 0 Å². The van der Waals surface area contributed by atoms with Gasteiger partial charge in [-0.2, -0.15) is 0 Å². The Morgan fingerprint density at radius 2 is 0.854 bits per heavy atom. The maximum absolute atomic E-state index is 13.1. The molecule has 0 radical (unpaired) electrons. The summed E-state index contributed by atoms with van der Waals surface area (Å²) in [5, 5.41) is -1.51. The number of benzene rings is 2. The number of esters is 4. The van der Waals surface area contributed by atoms with Crippen LogP contribution in [0.5, 0.6) is 11.5 Å². The summed E-state index contributed by atoms with van der Waals surface area (Å²) in [5.41, 5.74) is -0.938. The number of carbonyl (C=O) groups is 4. The topological polar surface area (TPSA) is 105 Å². The fourth-order valence-corrected chi connectivity index (χ4v) is 5.72. The molecule has 266 valence electrons.